The Hall–Kier alpha value is -3.31. The minimum absolute atomic E-state index is 0.000658. The summed E-state index contributed by atoms with van der Waals surface area (Å²) in [6.07, 6.45) is 1.39. The van der Waals surface area contributed by atoms with E-state index in [0.717, 1.165) is 11.4 Å². The Morgan fingerprint density at radius 2 is 1.32 bits per heavy atom. The average molecular weight is 416 g/mol. The second-order valence-electron chi connectivity index (χ2n) is 7.82. The van der Waals surface area contributed by atoms with E-state index < -0.39 is 0 Å². The van der Waals surface area contributed by atoms with Crippen LogP contribution in [0.4, 0.5) is 15.8 Å². The van der Waals surface area contributed by atoms with Crippen LogP contribution in [0.1, 0.15) is 23.2 Å². The number of hydrogen-bond donors (Lipinski definition) is 0. The molecule has 0 bridgehead atoms. The molecule has 0 aliphatic carbocycles. The van der Waals surface area contributed by atoms with Gasteiger partial charge in [-0.05, 0) is 74.5 Å². The van der Waals surface area contributed by atoms with Crippen LogP contribution in [0.5, 0.6) is 0 Å². The maximum atomic E-state index is 13.3. The number of nitrogens with zero attached hydrogens (tertiary/aromatic N) is 2. The Bertz CT molecular complexity index is 975. The number of halogens is 1. The van der Waals surface area contributed by atoms with E-state index in [1.807, 2.05) is 60.7 Å². The molecule has 1 fully saturated rings. The van der Waals surface area contributed by atoms with Gasteiger partial charge in [-0.2, -0.15) is 0 Å². The van der Waals surface area contributed by atoms with E-state index in [1.54, 1.807) is 17.0 Å². The SMILES string of the molecule is O=C(c1ccc(F)cc1)C1CCN(CC(=O)N(c2ccccc2)c2ccccc2)CC1. The van der Waals surface area contributed by atoms with Crippen molar-refractivity contribution in [1.29, 1.82) is 0 Å². The van der Waals surface area contributed by atoms with E-state index in [9.17, 15) is 14.0 Å². The zero-order chi connectivity index (χ0) is 21.6. The molecule has 5 heteroatoms. The molecule has 158 valence electrons. The fraction of sp³-hybridized carbons (Fsp3) is 0.231. The van der Waals surface area contributed by atoms with Gasteiger partial charge in [0.25, 0.3) is 0 Å². The number of benzene rings is 3. The largest absolute Gasteiger partial charge is 0.294 e. The lowest BCUT2D eigenvalue weighted by atomic mass is 9.89. The molecular formula is C26H25FN2O2. The molecular weight excluding hydrogens is 391 g/mol. The summed E-state index contributed by atoms with van der Waals surface area (Å²) in [5.41, 5.74) is 2.22. The van der Waals surface area contributed by atoms with Crippen LogP contribution in [0.2, 0.25) is 0 Å². The summed E-state index contributed by atoms with van der Waals surface area (Å²) in [6.45, 7) is 1.66. The van der Waals surface area contributed by atoms with Gasteiger partial charge >= 0.3 is 0 Å². The van der Waals surface area contributed by atoms with Crippen molar-refractivity contribution in [3.05, 3.63) is 96.3 Å². The molecule has 0 unspecified atom stereocenters. The molecule has 1 heterocycles. The Balaban J connectivity index is 1.40. The summed E-state index contributed by atoms with van der Waals surface area (Å²) in [7, 11) is 0. The first kappa shape index (κ1) is 20.9. The summed E-state index contributed by atoms with van der Waals surface area (Å²) >= 11 is 0. The van der Waals surface area contributed by atoms with Gasteiger partial charge < -0.3 is 0 Å². The molecule has 4 rings (SSSR count). The van der Waals surface area contributed by atoms with Gasteiger partial charge in [-0.15, -0.1) is 0 Å². The van der Waals surface area contributed by atoms with E-state index >= 15 is 0 Å². The Kier molecular flexibility index (Phi) is 6.53. The van der Waals surface area contributed by atoms with Gasteiger partial charge in [0, 0.05) is 22.9 Å². The minimum Gasteiger partial charge on any atom is -0.294 e. The van der Waals surface area contributed by atoms with E-state index in [2.05, 4.69) is 4.90 Å². The zero-order valence-corrected chi connectivity index (χ0v) is 17.3. The van der Waals surface area contributed by atoms with Crippen molar-refractivity contribution in [3.63, 3.8) is 0 Å². The number of carbonyl (C=O) groups excluding carboxylic acids is 2. The molecule has 3 aromatic rings. The van der Waals surface area contributed by atoms with Crippen LogP contribution < -0.4 is 4.90 Å². The number of carbonyl (C=O) groups is 2. The lowest BCUT2D eigenvalue weighted by Gasteiger charge is -2.32. The van der Waals surface area contributed by atoms with Crippen LogP contribution in [-0.4, -0.2) is 36.2 Å². The molecule has 3 aromatic carbocycles. The van der Waals surface area contributed by atoms with Crippen molar-refractivity contribution < 1.29 is 14.0 Å². The van der Waals surface area contributed by atoms with Crippen molar-refractivity contribution in [3.8, 4) is 0 Å². The Morgan fingerprint density at radius 1 is 0.806 bits per heavy atom. The highest BCUT2D eigenvalue weighted by Gasteiger charge is 2.28. The van der Waals surface area contributed by atoms with Gasteiger partial charge in [-0.1, -0.05) is 36.4 Å². The first-order valence-corrected chi connectivity index (χ1v) is 10.6. The third-order valence-corrected chi connectivity index (χ3v) is 5.72. The van der Waals surface area contributed by atoms with Crippen LogP contribution >= 0.6 is 0 Å². The van der Waals surface area contributed by atoms with Gasteiger partial charge in [0.05, 0.1) is 6.54 Å². The van der Waals surface area contributed by atoms with Gasteiger partial charge in [0.15, 0.2) is 5.78 Å². The smallest absolute Gasteiger partial charge is 0.245 e. The molecule has 1 aliphatic heterocycles. The van der Waals surface area contributed by atoms with Gasteiger partial charge in [-0.3, -0.25) is 19.4 Å². The Labute approximate surface area is 181 Å². The van der Waals surface area contributed by atoms with Crippen molar-refractivity contribution in [1.82, 2.24) is 4.90 Å². The second kappa shape index (κ2) is 9.67. The van der Waals surface area contributed by atoms with Gasteiger partial charge in [0.1, 0.15) is 5.82 Å². The predicted molar refractivity (Wildman–Crippen MR) is 120 cm³/mol. The van der Waals surface area contributed by atoms with Crippen LogP contribution in [0, 0.1) is 11.7 Å². The van der Waals surface area contributed by atoms with Crippen molar-refractivity contribution in [2.45, 2.75) is 12.8 Å². The van der Waals surface area contributed by atoms with Crippen LogP contribution in [0.3, 0.4) is 0 Å². The third kappa shape index (κ3) is 5.06. The second-order valence-corrected chi connectivity index (χ2v) is 7.82. The molecule has 31 heavy (non-hydrogen) atoms. The van der Waals surface area contributed by atoms with Gasteiger partial charge in [-0.25, -0.2) is 4.39 Å². The fourth-order valence-electron chi connectivity index (χ4n) is 4.06. The molecule has 1 aliphatic rings. The maximum absolute atomic E-state index is 13.3. The summed E-state index contributed by atoms with van der Waals surface area (Å²) in [4.78, 5) is 29.8. The molecule has 0 atom stereocenters. The number of ketones is 1. The molecule has 1 saturated heterocycles. The minimum atomic E-state index is -0.341. The number of Topliss-reactive ketones (excluding diaryl/α,β-unsaturated/α-hetero) is 1. The summed E-state index contributed by atoms with van der Waals surface area (Å²) in [5, 5.41) is 0. The monoisotopic (exact) mass is 416 g/mol. The summed E-state index contributed by atoms with van der Waals surface area (Å²) in [5.74, 6) is -0.371. The highest BCUT2D eigenvalue weighted by molar-refractivity contribution is 6.01. The van der Waals surface area contributed by atoms with Gasteiger partial charge in [0.2, 0.25) is 5.91 Å². The number of likely N-dealkylation sites (tertiary alicyclic amines) is 1. The highest BCUT2D eigenvalue weighted by Crippen LogP contribution is 2.27. The van der Waals surface area contributed by atoms with Crippen LogP contribution in [0.15, 0.2) is 84.9 Å². The average Bonchev–Trinajstić information content (AvgIpc) is 2.81. The van der Waals surface area contributed by atoms with Crippen LogP contribution in [-0.2, 0) is 4.79 Å². The zero-order valence-electron chi connectivity index (χ0n) is 17.3. The Morgan fingerprint density at radius 3 is 1.84 bits per heavy atom. The molecule has 0 saturated carbocycles. The summed E-state index contributed by atoms with van der Waals surface area (Å²) < 4.78 is 13.1. The van der Waals surface area contributed by atoms with Crippen molar-refractivity contribution in [2.24, 2.45) is 5.92 Å². The van der Waals surface area contributed by atoms with E-state index in [0.29, 0.717) is 38.0 Å². The lowest BCUT2D eigenvalue weighted by molar-refractivity contribution is -0.119. The number of rotatable bonds is 6. The first-order chi connectivity index (χ1) is 15.1. The molecule has 4 nitrogen and oxygen atoms in total. The number of anilines is 2. The molecule has 1 amide bonds. The number of para-hydroxylation sites is 2. The number of hydrogen-bond acceptors (Lipinski definition) is 3. The molecule has 0 radical (unpaired) electrons. The number of amides is 1. The van der Waals surface area contributed by atoms with E-state index in [4.69, 9.17) is 0 Å². The van der Waals surface area contributed by atoms with Crippen molar-refractivity contribution >= 4 is 23.1 Å². The molecule has 0 spiro atoms. The highest BCUT2D eigenvalue weighted by atomic mass is 19.1. The molecule has 0 N–H and O–H groups in total. The topological polar surface area (TPSA) is 40.6 Å². The third-order valence-electron chi connectivity index (χ3n) is 5.72. The van der Waals surface area contributed by atoms with E-state index in [1.165, 1.54) is 12.1 Å². The van der Waals surface area contributed by atoms with Crippen molar-refractivity contribution in [2.75, 3.05) is 24.5 Å². The summed E-state index contributed by atoms with van der Waals surface area (Å²) in [6, 6.07) is 25.0. The predicted octanol–water partition coefficient (Wildman–Crippen LogP) is 5.09. The standard InChI is InChI=1S/C26H25FN2O2/c27-22-13-11-20(12-14-22)26(31)21-15-17-28(18-16-21)19-25(30)29(23-7-3-1-4-8-23)24-9-5-2-6-10-24/h1-14,21H,15-19H2. The van der Waals surface area contributed by atoms with E-state index in [-0.39, 0.29) is 23.4 Å². The van der Waals surface area contributed by atoms with Crippen LogP contribution in [0.25, 0.3) is 0 Å². The lowest BCUT2D eigenvalue weighted by Crippen LogP contribution is -2.43. The first-order valence-electron chi connectivity index (χ1n) is 10.6. The normalized spacial score (nSPS) is 14.9. The number of piperidine rings is 1. The fourth-order valence-corrected chi connectivity index (χ4v) is 4.06. The quantitative estimate of drug-likeness (QED) is 0.526. The maximum Gasteiger partial charge on any atom is 0.245 e. The molecule has 0 aromatic heterocycles.